The van der Waals surface area contributed by atoms with Gasteiger partial charge in [0.2, 0.25) is 5.78 Å². The molecule has 2 heterocycles. The highest BCUT2D eigenvalue weighted by Crippen LogP contribution is 2.12. The zero-order valence-corrected chi connectivity index (χ0v) is 11.0. The first-order valence-electron chi connectivity index (χ1n) is 6.57. The Balaban J connectivity index is 1.69. The lowest BCUT2D eigenvalue weighted by Crippen LogP contribution is -2.03. The van der Waals surface area contributed by atoms with Crippen LogP contribution in [0.2, 0.25) is 0 Å². The van der Waals surface area contributed by atoms with Gasteiger partial charge in [-0.1, -0.05) is 12.1 Å². The first kappa shape index (κ1) is 12.6. The Labute approximate surface area is 116 Å². The van der Waals surface area contributed by atoms with Gasteiger partial charge in [0, 0.05) is 24.7 Å². The summed E-state index contributed by atoms with van der Waals surface area (Å²) in [6.45, 7) is 0.869. The van der Waals surface area contributed by atoms with E-state index in [1.165, 1.54) is 0 Å². The molecule has 0 atom stereocenters. The van der Waals surface area contributed by atoms with Crippen molar-refractivity contribution in [3.05, 3.63) is 60.2 Å². The van der Waals surface area contributed by atoms with E-state index in [1.54, 1.807) is 6.20 Å². The predicted molar refractivity (Wildman–Crippen MR) is 77.5 cm³/mol. The van der Waals surface area contributed by atoms with Gasteiger partial charge in [0.25, 0.3) is 0 Å². The van der Waals surface area contributed by atoms with Crippen molar-refractivity contribution in [2.24, 2.45) is 0 Å². The van der Waals surface area contributed by atoms with E-state index in [4.69, 9.17) is 5.11 Å². The predicted octanol–water partition coefficient (Wildman–Crippen LogP) is 1.88. The summed E-state index contributed by atoms with van der Waals surface area (Å²) in [5.41, 5.74) is 3.25. The lowest BCUT2D eigenvalue weighted by molar-refractivity contribution is 0.299. The zero-order chi connectivity index (χ0) is 13.8. The molecule has 0 radical (unpaired) electrons. The Morgan fingerprint density at radius 1 is 1.15 bits per heavy atom. The van der Waals surface area contributed by atoms with Gasteiger partial charge in [0.05, 0.1) is 18.4 Å². The van der Waals surface area contributed by atoms with Crippen molar-refractivity contribution in [1.82, 2.24) is 14.4 Å². The molecule has 3 aromatic rings. The third-order valence-corrected chi connectivity index (χ3v) is 3.19. The van der Waals surface area contributed by atoms with E-state index in [1.807, 2.05) is 47.1 Å². The summed E-state index contributed by atoms with van der Waals surface area (Å²) in [5, 5.41) is 12.2. The molecule has 0 saturated carbocycles. The first-order chi connectivity index (χ1) is 9.86. The Bertz CT molecular complexity index is 690. The number of benzene rings is 1. The molecule has 1 aromatic carbocycles. The monoisotopic (exact) mass is 268 g/mol. The number of hydrogen-bond donors (Lipinski definition) is 2. The average Bonchev–Trinajstić information content (AvgIpc) is 2.90. The van der Waals surface area contributed by atoms with Gasteiger partial charge >= 0.3 is 0 Å². The van der Waals surface area contributed by atoms with Gasteiger partial charge in [-0.25, -0.2) is 9.97 Å². The molecule has 0 aliphatic carbocycles. The van der Waals surface area contributed by atoms with E-state index in [2.05, 4.69) is 15.3 Å². The van der Waals surface area contributed by atoms with Crippen LogP contribution in [-0.2, 0) is 13.0 Å². The van der Waals surface area contributed by atoms with Crippen LogP contribution in [-0.4, -0.2) is 26.1 Å². The topological polar surface area (TPSA) is 62.5 Å². The molecule has 0 aliphatic heterocycles. The van der Waals surface area contributed by atoms with Gasteiger partial charge in [-0.05, 0) is 30.2 Å². The molecule has 0 unspecified atom stereocenters. The van der Waals surface area contributed by atoms with Crippen LogP contribution in [0.4, 0.5) is 5.69 Å². The molecule has 0 fully saturated rings. The third kappa shape index (κ3) is 2.62. The van der Waals surface area contributed by atoms with E-state index < -0.39 is 0 Å². The SMILES string of the molecule is OCCc1ccc(NCc2cnc3ncccn23)cc1. The standard InChI is InChI=1S/C15H16N4O/c20-9-6-12-2-4-13(5-3-12)17-10-14-11-18-15-16-7-1-8-19(14)15/h1-5,7-8,11,17,20H,6,9-10H2. The van der Waals surface area contributed by atoms with Crippen molar-refractivity contribution in [2.75, 3.05) is 11.9 Å². The Hall–Kier alpha value is -2.40. The maximum Gasteiger partial charge on any atom is 0.233 e. The van der Waals surface area contributed by atoms with E-state index in [9.17, 15) is 0 Å². The quantitative estimate of drug-likeness (QED) is 0.741. The van der Waals surface area contributed by atoms with Crippen molar-refractivity contribution < 1.29 is 5.11 Å². The van der Waals surface area contributed by atoms with Crippen molar-refractivity contribution >= 4 is 11.5 Å². The molecule has 2 aromatic heterocycles. The number of nitrogens with zero attached hydrogens (tertiary/aromatic N) is 3. The number of rotatable bonds is 5. The maximum absolute atomic E-state index is 8.89. The summed E-state index contributed by atoms with van der Waals surface area (Å²) in [7, 11) is 0. The van der Waals surface area contributed by atoms with E-state index >= 15 is 0 Å². The van der Waals surface area contributed by atoms with Crippen LogP contribution in [0.3, 0.4) is 0 Å². The molecule has 0 aliphatic rings. The van der Waals surface area contributed by atoms with Crippen LogP contribution in [0.15, 0.2) is 48.9 Å². The van der Waals surface area contributed by atoms with Gasteiger partial charge < -0.3 is 10.4 Å². The van der Waals surface area contributed by atoms with Crippen LogP contribution in [0.5, 0.6) is 0 Å². The van der Waals surface area contributed by atoms with E-state index in [0.717, 1.165) is 16.9 Å². The summed E-state index contributed by atoms with van der Waals surface area (Å²) in [6, 6.07) is 9.98. The van der Waals surface area contributed by atoms with Crippen LogP contribution in [0.1, 0.15) is 11.3 Å². The molecule has 5 nitrogen and oxygen atoms in total. The molecule has 0 saturated heterocycles. The number of aliphatic hydroxyl groups is 1. The minimum atomic E-state index is 0.182. The number of imidazole rings is 1. The fourth-order valence-electron chi connectivity index (χ4n) is 2.12. The first-order valence-corrected chi connectivity index (χ1v) is 6.57. The second kappa shape index (κ2) is 5.71. The van der Waals surface area contributed by atoms with Crippen LogP contribution >= 0.6 is 0 Å². The lowest BCUT2D eigenvalue weighted by atomic mass is 10.1. The van der Waals surface area contributed by atoms with Crippen molar-refractivity contribution in [3.63, 3.8) is 0 Å². The zero-order valence-electron chi connectivity index (χ0n) is 11.0. The van der Waals surface area contributed by atoms with E-state index in [0.29, 0.717) is 18.7 Å². The summed E-state index contributed by atoms with van der Waals surface area (Å²) in [4.78, 5) is 8.44. The summed E-state index contributed by atoms with van der Waals surface area (Å²) >= 11 is 0. The molecule has 0 bridgehead atoms. The molecular weight excluding hydrogens is 252 g/mol. The Kier molecular flexibility index (Phi) is 3.60. The van der Waals surface area contributed by atoms with Crippen molar-refractivity contribution in [2.45, 2.75) is 13.0 Å². The fourth-order valence-corrected chi connectivity index (χ4v) is 2.12. The van der Waals surface area contributed by atoms with Gasteiger partial charge in [-0.3, -0.25) is 4.40 Å². The molecular formula is C15H16N4O. The Morgan fingerprint density at radius 3 is 2.80 bits per heavy atom. The molecule has 0 amide bonds. The van der Waals surface area contributed by atoms with Gasteiger partial charge in [0.1, 0.15) is 0 Å². The van der Waals surface area contributed by atoms with Crippen molar-refractivity contribution in [3.8, 4) is 0 Å². The largest absolute Gasteiger partial charge is 0.396 e. The maximum atomic E-state index is 8.89. The second-order valence-corrected chi connectivity index (χ2v) is 4.56. The minimum Gasteiger partial charge on any atom is -0.396 e. The fraction of sp³-hybridized carbons (Fsp3) is 0.200. The summed E-state index contributed by atoms with van der Waals surface area (Å²) in [6.07, 6.45) is 6.21. The highest BCUT2D eigenvalue weighted by atomic mass is 16.2. The smallest absolute Gasteiger partial charge is 0.233 e. The van der Waals surface area contributed by atoms with Gasteiger partial charge in [-0.2, -0.15) is 0 Å². The molecule has 2 N–H and O–H groups in total. The molecule has 102 valence electrons. The van der Waals surface area contributed by atoms with Crippen LogP contribution in [0.25, 0.3) is 5.78 Å². The number of aliphatic hydroxyl groups excluding tert-OH is 1. The van der Waals surface area contributed by atoms with Crippen LogP contribution in [0, 0.1) is 0 Å². The number of anilines is 1. The molecule has 3 rings (SSSR count). The number of fused-ring (bicyclic) bond motifs is 1. The molecule has 0 spiro atoms. The number of aromatic nitrogens is 3. The molecule has 20 heavy (non-hydrogen) atoms. The van der Waals surface area contributed by atoms with Gasteiger partial charge in [0.15, 0.2) is 0 Å². The average molecular weight is 268 g/mol. The lowest BCUT2D eigenvalue weighted by Gasteiger charge is -2.07. The Morgan fingerprint density at radius 2 is 2.00 bits per heavy atom. The highest BCUT2D eigenvalue weighted by molar-refractivity contribution is 5.45. The number of hydrogen-bond acceptors (Lipinski definition) is 4. The minimum absolute atomic E-state index is 0.182. The number of nitrogens with one attached hydrogen (secondary N) is 1. The highest BCUT2D eigenvalue weighted by Gasteiger charge is 2.02. The summed E-state index contributed by atoms with van der Waals surface area (Å²) in [5.74, 6) is 0.711. The van der Waals surface area contributed by atoms with Gasteiger partial charge in [-0.15, -0.1) is 0 Å². The van der Waals surface area contributed by atoms with Crippen LogP contribution < -0.4 is 5.32 Å². The molecule has 5 heteroatoms. The van der Waals surface area contributed by atoms with Crippen molar-refractivity contribution in [1.29, 1.82) is 0 Å². The normalized spacial score (nSPS) is 10.8. The third-order valence-electron chi connectivity index (χ3n) is 3.19. The van der Waals surface area contributed by atoms with E-state index in [-0.39, 0.29) is 6.61 Å². The summed E-state index contributed by atoms with van der Waals surface area (Å²) < 4.78 is 1.97. The second-order valence-electron chi connectivity index (χ2n) is 4.56.